The molecule has 6 nitrogen and oxygen atoms in total. The van der Waals surface area contributed by atoms with Gasteiger partial charge in [0.05, 0.1) is 25.3 Å². The van der Waals surface area contributed by atoms with Crippen molar-refractivity contribution in [2.75, 3.05) is 11.4 Å². The van der Waals surface area contributed by atoms with Gasteiger partial charge in [0.1, 0.15) is 11.6 Å². The summed E-state index contributed by atoms with van der Waals surface area (Å²) in [6.45, 7) is 1.91. The SMILES string of the molecule is [2H]C1([2H])c2ncc(F)cc2C2([2H])N(c3ccn4ncc(c4n3)C(=C)N[C@H](C)C1([2H])[2H])C([2H])([2H])C([2H])([2H])C2([2H])[2H]. The predicted molar refractivity (Wildman–Crippen MR) is 106 cm³/mol. The van der Waals surface area contributed by atoms with Crippen molar-refractivity contribution in [2.45, 2.75) is 44.5 Å². The molecular formula is C21H23FN6. The van der Waals surface area contributed by atoms with Gasteiger partial charge in [-0.25, -0.2) is 13.9 Å². The van der Waals surface area contributed by atoms with E-state index in [1.165, 1.54) is 29.9 Å². The molecule has 28 heavy (non-hydrogen) atoms. The summed E-state index contributed by atoms with van der Waals surface area (Å²) in [6.07, 6.45) is -9.72. The Morgan fingerprint density at radius 1 is 1.39 bits per heavy atom. The molecule has 0 amide bonds. The Balaban J connectivity index is 1.99. The third-order valence-electron chi connectivity index (χ3n) is 4.39. The standard InChI is InChI=1S/C21H23FN6/c1-13-5-6-18-16(10-15(22)11-23-18)19-4-3-8-27(19)20-7-9-28-21(26-20)17(12-24-28)14(2)25-13/h7,9-13,19,25H,2-6,8H2,1H3/t13-,19?/m1/s1/i3D2,4D2,5D2,6D2,8D2,19D. The molecule has 1 fully saturated rings. The topological polar surface area (TPSA) is 58.4 Å². The Labute approximate surface area is 178 Å². The van der Waals surface area contributed by atoms with E-state index in [2.05, 4.69) is 27.0 Å². The molecule has 5 heterocycles. The molecule has 0 spiro atoms. The van der Waals surface area contributed by atoms with E-state index >= 15 is 0 Å². The summed E-state index contributed by atoms with van der Waals surface area (Å²) in [5.41, 5.74) is -1.46. The molecule has 1 N–H and O–H groups in total. The number of nitrogens with one attached hydrogen (secondary N) is 1. The lowest BCUT2D eigenvalue weighted by molar-refractivity contribution is 0.575. The summed E-state index contributed by atoms with van der Waals surface area (Å²) in [4.78, 5) is 8.52. The van der Waals surface area contributed by atoms with Gasteiger partial charge in [0.2, 0.25) is 0 Å². The van der Waals surface area contributed by atoms with Gasteiger partial charge in [-0.2, -0.15) is 5.10 Å². The highest BCUT2D eigenvalue weighted by Gasteiger charge is 2.30. The second-order valence-corrected chi connectivity index (χ2v) is 6.32. The number of pyridine rings is 1. The van der Waals surface area contributed by atoms with E-state index in [0.717, 1.165) is 0 Å². The van der Waals surface area contributed by atoms with Crippen LogP contribution in [0.25, 0.3) is 11.3 Å². The summed E-state index contributed by atoms with van der Waals surface area (Å²) in [5, 5.41) is 6.93. The highest BCUT2D eigenvalue weighted by molar-refractivity contribution is 5.74. The van der Waals surface area contributed by atoms with Gasteiger partial charge in [-0.05, 0) is 50.1 Å². The Hall–Kier alpha value is -2.96. The quantitative estimate of drug-likeness (QED) is 0.638. The Morgan fingerprint density at radius 3 is 3.18 bits per heavy atom. The Bertz CT molecular complexity index is 1520. The van der Waals surface area contributed by atoms with Gasteiger partial charge >= 0.3 is 0 Å². The van der Waals surface area contributed by atoms with Gasteiger partial charge in [-0.3, -0.25) is 4.98 Å². The molecular weight excluding hydrogens is 355 g/mol. The first kappa shape index (κ1) is 9.03. The van der Waals surface area contributed by atoms with Gasteiger partial charge in [-0.1, -0.05) is 6.58 Å². The van der Waals surface area contributed by atoms with Crippen LogP contribution in [-0.4, -0.2) is 32.1 Å². The van der Waals surface area contributed by atoms with Gasteiger partial charge in [-0.15, -0.1) is 0 Å². The average molecular weight is 390 g/mol. The summed E-state index contributed by atoms with van der Waals surface area (Å²) in [7, 11) is 0. The molecule has 7 heteroatoms. The van der Waals surface area contributed by atoms with Crippen molar-refractivity contribution in [2.24, 2.45) is 0 Å². The van der Waals surface area contributed by atoms with Crippen LogP contribution in [0.5, 0.6) is 0 Å². The fraction of sp³-hybridized carbons (Fsp3) is 0.381. The molecule has 3 aromatic heterocycles. The molecule has 0 aromatic carbocycles. The lowest BCUT2D eigenvalue weighted by atomic mass is 9.98. The van der Waals surface area contributed by atoms with Crippen molar-refractivity contribution in [3.8, 4) is 0 Å². The van der Waals surface area contributed by atoms with E-state index in [-0.39, 0.29) is 16.9 Å². The van der Waals surface area contributed by atoms with E-state index in [0.29, 0.717) is 17.2 Å². The molecule has 144 valence electrons. The van der Waals surface area contributed by atoms with E-state index in [1.807, 2.05) is 0 Å². The summed E-state index contributed by atoms with van der Waals surface area (Å²) < 4.78 is 112. The van der Waals surface area contributed by atoms with Crippen LogP contribution in [-0.2, 0) is 6.37 Å². The van der Waals surface area contributed by atoms with Crippen molar-refractivity contribution >= 4 is 17.2 Å². The molecule has 0 saturated carbocycles. The van der Waals surface area contributed by atoms with Gasteiger partial charge < -0.3 is 10.2 Å². The van der Waals surface area contributed by atoms with Gasteiger partial charge in [0.25, 0.3) is 0 Å². The number of rotatable bonds is 0. The number of aryl methyl sites for hydroxylation is 1. The van der Waals surface area contributed by atoms with Crippen LogP contribution in [0, 0.1) is 5.82 Å². The Morgan fingerprint density at radius 2 is 2.29 bits per heavy atom. The maximum atomic E-state index is 14.7. The fourth-order valence-electron chi connectivity index (χ4n) is 3.08. The minimum absolute atomic E-state index is 0.0313. The maximum absolute atomic E-state index is 14.7. The fourth-order valence-corrected chi connectivity index (χ4v) is 3.08. The molecule has 5 rings (SSSR count). The zero-order valence-electron chi connectivity index (χ0n) is 25.8. The molecule has 2 bridgehead atoms. The number of aromatic nitrogens is 4. The number of nitrogens with zero attached hydrogens (tertiary/aromatic N) is 5. The number of anilines is 1. The molecule has 0 aliphatic carbocycles. The van der Waals surface area contributed by atoms with E-state index in [1.54, 1.807) is 0 Å². The van der Waals surface area contributed by atoms with E-state index < -0.39 is 66.9 Å². The molecule has 1 saturated heterocycles. The predicted octanol–water partition coefficient (Wildman–Crippen LogP) is 3.50. The van der Waals surface area contributed by atoms with E-state index in [9.17, 15) is 5.76 Å². The first-order valence-electron chi connectivity index (χ1n) is 14.0. The average Bonchev–Trinajstić information content (AvgIpc) is 3.28. The normalized spacial score (nSPS) is 39.6. The van der Waals surface area contributed by atoms with Crippen molar-refractivity contribution in [1.82, 2.24) is 24.9 Å². The number of hydrogen-bond acceptors (Lipinski definition) is 5. The number of hydrogen-bond donors (Lipinski definition) is 1. The van der Waals surface area contributed by atoms with Crippen molar-refractivity contribution in [3.63, 3.8) is 0 Å². The summed E-state index contributed by atoms with van der Waals surface area (Å²) >= 11 is 0. The monoisotopic (exact) mass is 389 g/mol. The largest absolute Gasteiger partial charge is 0.382 e. The molecule has 2 aliphatic heterocycles. The lowest BCUT2D eigenvalue weighted by Gasteiger charge is -2.27. The van der Waals surface area contributed by atoms with Crippen LogP contribution >= 0.6 is 0 Å². The molecule has 2 aliphatic rings. The highest BCUT2D eigenvalue weighted by Crippen LogP contribution is 2.37. The first-order chi connectivity index (χ1) is 17.7. The molecule has 2 atom stereocenters. The van der Waals surface area contributed by atoms with Crippen molar-refractivity contribution in [3.05, 3.63) is 59.9 Å². The summed E-state index contributed by atoms with van der Waals surface area (Å²) in [6, 6.07) is -2.85. The summed E-state index contributed by atoms with van der Waals surface area (Å²) in [5.74, 6) is -1.58. The zero-order chi connectivity index (χ0) is 29.1. The van der Waals surface area contributed by atoms with Crippen LogP contribution in [0.4, 0.5) is 10.2 Å². The maximum Gasteiger partial charge on any atom is 0.166 e. The van der Waals surface area contributed by atoms with Crippen molar-refractivity contribution < 1.29 is 19.5 Å². The van der Waals surface area contributed by atoms with Crippen LogP contribution in [0.2, 0.25) is 0 Å². The zero-order valence-corrected chi connectivity index (χ0v) is 14.8. The van der Waals surface area contributed by atoms with Crippen LogP contribution < -0.4 is 10.2 Å². The minimum atomic E-state index is -3.49. The smallest absolute Gasteiger partial charge is 0.166 e. The number of halogens is 1. The first-order valence-corrected chi connectivity index (χ1v) is 8.51. The second-order valence-electron chi connectivity index (χ2n) is 6.32. The Kier molecular flexibility index (Phi) is 2.12. The van der Waals surface area contributed by atoms with Crippen LogP contribution in [0.15, 0.2) is 37.3 Å². The molecule has 1 unspecified atom stereocenters. The van der Waals surface area contributed by atoms with Gasteiger partial charge in [0.15, 0.2) is 5.65 Å². The van der Waals surface area contributed by atoms with Crippen LogP contribution in [0.1, 0.15) is 64.0 Å². The molecule has 0 radical (unpaired) electrons. The third kappa shape index (κ3) is 2.82. The molecule has 3 aromatic rings. The van der Waals surface area contributed by atoms with E-state index in [4.69, 9.17) is 13.7 Å². The third-order valence-corrected chi connectivity index (χ3v) is 4.39. The van der Waals surface area contributed by atoms with Crippen molar-refractivity contribution in [1.29, 1.82) is 0 Å². The lowest BCUT2D eigenvalue weighted by Crippen LogP contribution is -2.26. The van der Waals surface area contributed by atoms with Gasteiger partial charge in [0, 0.05) is 43.8 Å². The number of fused-ring (bicyclic) bond motifs is 5. The van der Waals surface area contributed by atoms with Crippen LogP contribution in [0.3, 0.4) is 0 Å². The minimum Gasteiger partial charge on any atom is -0.382 e. The second kappa shape index (κ2) is 6.58. The highest BCUT2D eigenvalue weighted by atomic mass is 19.1.